The first-order chi connectivity index (χ1) is 13.6. The Morgan fingerprint density at radius 1 is 0.724 bits per heavy atom. The van der Waals surface area contributed by atoms with Crippen molar-refractivity contribution in [2.45, 2.75) is 6.04 Å². The van der Waals surface area contributed by atoms with Crippen molar-refractivity contribution in [3.05, 3.63) is 113 Å². The normalized spacial score (nSPS) is 12.8. The van der Waals surface area contributed by atoms with Crippen LogP contribution in [-0.2, 0) is 0 Å². The zero-order valence-electron chi connectivity index (χ0n) is 15.0. The fourth-order valence-corrected chi connectivity index (χ4v) is 2.33. The molecule has 0 saturated carbocycles. The summed E-state index contributed by atoms with van der Waals surface area (Å²) in [4.78, 5) is 17.3. The predicted molar refractivity (Wildman–Crippen MR) is 128 cm³/mol. The zero-order valence-corrected chi connectivity index (χ0v) is 21.6. The Morgan fingerprint density at radius 3 is 1.62 bits per heavy atom. The number of halogens is 5. The van der Waals surface area contributed by atoms with E-state index < -0.39 is 17.4 Å². The van der Waals surface area contributed by atoms with E-state index >= 15 is 0 Å². The average molecular weight is 594 g/mol. The van der Waals surface area contributed by atoms with E-state index in [4.69, 9.17) is 44.6 Å². The van der Waals surface area contributed by atoms with Crippen LogP contribution in [0.1, 0.15) is 27.5 Å². The van der Waals surface area contributed by atoms with E-state index in [1.807, 2.05) is 91.0 Å². The topological polar surface area (TPSA) is 21.4 Å². The number of ketones is 1. The van der Waals surface area contributed by atoms with Gasteiger partial charge in [-0.3, -0.25) is 4.79 Å². The summed E-state index contributed by atoms with van der Waals surface area (Å²) in [6.45, 7) is 0. The quantitative estimate of drug-likeness (QED) is 0.222. The molecule has 0 spiro atoms. The van der Waals surface area contributed by atoms with Crippen molar-refractivity contribution in [1.29, 1.82) is 0 Å². The Bertz CT molecular complexity index is 978. The third kappa shape index (κ3) is 10.6. The molecule has 0 aliphatic rings. The maximum atomic E-state index is 12.8. The van der Waals surface area contributed by atoms with E-state index in [-0.39, 0.29) is 5.78 Å². The first-order valence-corrected chi connectivity index (χ1v) is 26.5. The van der Waals surface area contributed by atoms with E-state index in [1.54, 1.807) is 0 Å². The number of rotatable bonds is 3. The molecule has 150 valence electrons. The zero-order chi connectivity index (χ0) is 21.4. The minimum atomic E-state index is -4.40. The summed E-state index contributed by atoms with van der Waals surface area (Å²) < 4.78 is 0. The van der Waals surface area contributed by atoms with Crippen LogP contribution in [0.25, 0.3) is 4.85 Å². The van der Waals surface area contributed by atoms with Gasteiger partial charge >= 0.3 is 68.1 Å². The van der Waals surface area contributed by atoms with Crippen LogP contribution in [0.15, 0.2) is 91.0 Å². The van der Waals surface area contributed by atoms with Gasteiger partial charge in [0.1, 0.15) is 5.56 Å². The molecule has 3 rings (SSSR count). The van der Waals surface area contributed by atoms with E-state index in [1.165, 1.54) is 0 Å². The van der Waals surface area contributed by atoms with E-state index in [0.717, 1.165) is 11.1 Å². The molecular weight excluding hydrogens is 578 g/mol. The molecule has 0 N–H and O–H groups in total. The Morgan fingerprint density at radius 2 is 1.14 bits per heavy atom. The van der Waals surface area contributed by atoms with Gasteiger partial charge in [-0.25, -0.2) is 0 Å². The fraction of sp³-hybridized carbons (Fsp3) is 0.0476. The SMILES string of the molecule is O=C(c1ccccc1)C([N+]#Cc1ccccc1)c1ccccc1.[Cl][Sn-]([Cl])([Cl])([Cl])[Cl]. The number of nitrogens with zero attached hydrogens (tertiary/aromatic N) is 1. The second-order valence-electron chi connectivity index (χ2n) is 5.86. The van der Waals surface area contributed by atoms with Crippen LogP contribution in [0, 0.1) is 6.07 Å². The summed E-state index contributed by atoms with van der Waals surface area (Å²) in [5.74, 6) is -0.0276. The minimum absolute atomic E-state index is 0.0276. The Kier molecular flexibility index (Phi) is 9.15. The van der Waals surface area contributed by atoms with Crippen LogP contribution in [0.2, 0.25) is 0 Å². The predicted octanol–water partition coefficient (Wildman–Crippen LogP) is 8.06. The molecular formula is C21H16Cl5NOSn. The molecule has 1 atom stereocenters. The third-order valence-corrected chi connectivity index (χ3v) is 3.52. The number of benzene rings is 3. The van der Waals surface area contributed by atoms with Crippen LogP contribution in [0.5, 0.6) is 0 Å². The van der Waals surface area contributed by atoms with E-state index in [9.17, 15) is 4.79 Å². The van der Waals surface area contributed by atoms with Crippen LogP contribution in [-0.4, -0.2) is 17.1 Å². The molecule has 0 aromatic heterocycles. The van der Waals surface area contributed by atoms with Crippen molar-refractivity contribution in [3.8, 4) is 6.07 Å². The van der Waals surface area contributed by atoms with Gasteiger partial charge < -0.3 is 0 Å². The second-order valence-corrected chi connectivity index (χ2v) is 48.3. The van der Waals surface area contributed by atoms with E-state index in [0.29, 0.717) is 5.56 Å². The van der Waals surface area contributed by atoms with Gasteiger partial charge in [-0.05, 0) is 12.1 Å². The average Bonchev–Trinajstić information content (AvgIpc) is 2.68. The molecule has 0 amide bonds. The summed E-state index contributed by atoms with van der Waals surface area (Å²) in [5.41, 5.74) is 2.37. The van der Waals surface area contributed by atoms with Crippen LogP contribution >= 0.6 is 44.6 Å². The van der Waals surface area contributed by atoms with Crippen molar-refractivity contribution in [3.63, 3.8) is 0 Å². The second kappa shape index (κ2) is 10.9. The van der Waals surface area contributed by atoms with Crippen molar-refractivity contribution < 1.29 is 4.79 Å². The molecule has 29 heavy (non-hydrogen) atoms. The summed E-state index contributed by atoms with van der Waals surface area (Å²) >= 11 is -4.40. The summed E-state index contributed by atoms with van der Waals surface area (Å²) in [6.07, 6.45) is 0. The van der Waals surface area contributed by atoms with Crippen LogP contribution in [0.3, 0.4) is 0 Å². The summed E-state index contributed by atoms with van der Waals surface area (Å²) in [7, 11) is 25.3. The van der Waals surface area contributed by atoms with Gasteiger partial charge in [0.05, 0.1) is 0 Å². The van der Waals surface area contributed by atoms with Crippen molar-refractivity contribution in [2.24, 2.45) is 0 Å². The number of hydrogen-bond acceptors (Lipinski definition) is 1. The molecule has 1 unspecified atom stereocenters. The molecule has 2 nitrogen and oxygen atoms in total. The Balaban J connectivity index is 0.000000438. The fourth-order valence-electron chi connectivity index (χ4n) is 2.33. The van der Waals surface area contributed by atoms with Gasteiger partial charge in [-0.15, -0.1) is 0 Å². The maximum absolute atomic E-state index is 12.8. The Hall–Kier alpha value is -0.931. The van der Waals surface area contributed by atoms with Crippen molar-refractivity contribution >= 4 is 61.8 Å². The van der Waals surface area contributed by atoms with Crippen molar-refractivity contribution in [1.82, 2.24) is 0 Å². The third-order valence-electron chi connectivity index (χ3n) is 3.52. The van der Waals surface area contributed by atoms with Gasteiger partial charge in [0.15, 0.2) is 0 Å². The van der Waals surface area contributed by atoms with Gasteiger partial charge in [-0.2, -0.15) is 0 Å². The van der Waals surface area contributed by atoms with E-state index in [2.05, 4.69) is 10.9 Å². The number of hydrogen-bond donors (Lipinski definition) is 0. The molecule has 3 aromatic carbocycles. The molecule has 0 fully saturated rings. The molecule has 0 bridgehead atoms. The first-order valence-electron chi connectivity index (χ1n) is 8.44. The van der Waals surface area contributed by atoms with Crippen LogP contribution < -0.4 is 0 Å². The Labute approximate surface area is 189 Å². The first kappa shape index (κ1) is 24.3. The molecule has 0 aliphatic carbocycles. The molecule has 0 saturated heterocycles. The number of carbonyl (C=O) groups excluding carboxylic acids is 1. The van der Waals surface area contributed by atoms with Crippen LogP contribution in [0.4, 0.5) is 0 Å². The van der Waals surface area contributed by atoms with Gasteiger partial charge in [0.2, 0.25) is 0 Å². The standard InChI is InChI=1S/C21H16NO.5ClH.Sn/c23-21(19-14-8-3-9-15-19)20(18-12-6-2-7-13-18)22-16-17-10-4-1-5-11-17;;;;;;/h1-15,20H;5*1H;/q+1;;;;;;+4/p-5. The molecule has 3 aromatic rings. The van der Waals surface area contributed by atoms with Crippen molar-refractivity contribution in [2.75, 3.05) is 0 Å². The summed E-state index contributed by atoms with van der Waals surface area (Å²) in [6, 6.07) is 30.9. The number of Topliss-reactive ketones (excluding diaryl/α,β-unsaturated/α-hetero) is 1. The van der Waals surface area contributed by atoms with Gasteiger partial charge in [-0.1, -0.05) is 83.7 Å². The summed E-state index contributed by atoms with van der Waals surface area (Å²) in [5, 5.41) is 0. The molecule has 0 aliphatic heterocycles. The number of carbonyl (C=O) groups is 1. The molecule has 0 heterocycles. The molecule has 0 radical (unpaired) electrons. The monoisotopic (exact) mass is 593 g/mol. The van der Waals surface area contributed by atoms with Gasteiger partial charge in [0, 0.05) is 11.1 Å². The van der Waals surface area contributed by atoms with Gasteiger partial charge in [0.25, 0.3) is 5.78 Å². The molecule has 8 heteroatoms.